The molecule has 0 unspecified atom stereocenters. The maximum absolute atomic E-state index is 4.69. The molecule has 0 aliphatic rings. The number of rotatable bonds is 1. The van der Waals surface area contributed by atoms with Crippen molar-refractivity contribution >= 4 is 21.7 Å². The fourth-order valence-corrected chi connectivity index (χ4v) is 2.62. The molecule has 3 rings (SSSR count). The molecule has 0 spiro atoms. The lowest BCUT2D eigenvalue weighted by Gasteiger charge is -2.13. The minimum absolute atomic E-state index is 0.502. The third kappa shape index (κ3) is 1.59. The molecular formula is C17H17N. The molecule has 1 heteroatoms. The van der Waals surface area contributed by atoms with Crippen LogP contribution in [-0.2, 0) is 0 Å². The Morgan fingerprint density at radius 2 is 1.78 bits per heavy atom. The highest BCUT2D eigenvalue weighted by atomic mass is 14.7. The highest BCUT2D eigenvalue weighted by Crippen LogP contribution is 2.31. The molecule has 1 aromatic heterocycles. The minimum Gasteiger partial charge on any atom is -0.255 e. The van der Waals surface area contributed by atoms with Crippen molar-refractivity contribution in [3.8, 4) is 0 Å². The van der Waals surface area contributed by atoms with Gasteiger partial charge in [0.25, 0.3) is 0 Å². The lowest BCUT2D eigenvalue weighted by atomic mass is 9.94. The summed E-state index contributed by atoms with van der Waals surface area (Å²) in [5.41, 5.74) is 3.80. The van der Waals surface area contributed by atoms with Crippen molar-refractivity contribution in [3.63, 3.8) is 0 Å². The van der Waals surface area contributed by atoms with Crippen LogP contribution in [0.5, 0.6) is 0 Å². The van der Waals surface area contributed by atoms with Crippen LogP contribution in [0.3, 0.4) is 0 Å². The van der Waals surface area contributed by atoms with Crippen molar-refractivity contribution < 1.29 is 0 Å². The van der Waals surface area contributed by atoms with E-state index in [4.69, 9.17) is 4.98 Å². The van der Waals surface area contributed by atoms with Crippen molar-refractivity contribution in [1.29, 1.82) is 0 Å². The normalized spacial score (nSPS) is 11.6. The first-order chi connectivity index (χ1) is 8.68. The van der Waals surface area contributed by atoms with E-state index >= 15 is 0 Å². The summed E-state index contributed by atoms with van der Waals surface area (Å²) in [6.45, 7) is 6.61. The van der Waals surface area contributed by atoms with Gasteiger partial charge in [-0.2, -0.15) is 0 Å². The van der Waals surface area contributed by atoms with E-state index in [1.807, 2.05) is 6.20 Å². The van der Waals surface area contributed by atoms with Crippen LogP contribution in [0.25, 0.3) is 21.7 Å². The Hall–Kier alpha value is -1.89. The van der Waals surface area contributed by atoms with Gasteiger partial charge in [-0.1, -0.05) is 50.2 Å². The molecule has 90 valence electrons. The summed E-state index contributed by atoms with van der Waals surface area (Å²) in [5.74, 6) is 0.502. The molecule has 0 bridgehead atoms. The third-order valence-corrected chi connectivity index (χ3v) is 3.60. The first kappa shape index (κ1) is 11.2. The van der Waals surface area contributed by atoms with Crippen LogP contribution in [-0.4, -0.2) is 4.98 Å². The standard InChI is InChI=1S/C17H17N/c1-11(2)14-9-8-12(3)16-15-7-5-4-6-13(15)10-18-17(14)16/h4-11H,1-3H3. The zero-order valence-electron chi connectivity index (χ0n) is 11.1. The van der Waals surface area contributed by atoms with Crippen LogP contribution in [0.2, 0.25) is 0 Å². The van der Waals surface area contributed by atoms with Crippen LogP contribution < -0.4 is 0 Å². The van der Waals surface area contributed by atoms with Crippen LogP contribution in [0, 0.1) is 6.92 Å². The second kappa shape index (κ2) is 4.09. The second-order valence-electron chi connectivity index (χ2n) is 5.20. The Labute approximate surface area is 107 Å². The van der Waals surface area contributed by atoms with Gasteiger partial charge in [-0.15, -0.1) is 0 Å². The molecule has 0 aliphatic carbocycles. The number of nitrogens with zero attached hydrogens (tertiary/aromatic N) is 1. The smallest absolute Gasteiger partial charge is 0.0745 e. The largest absolute Gasteiger partial charge is 0.255 e. The van der Waals surface area contributed by atoms with Gasteiger partial charge in [0.05, 0.1) is 5.52 Å². The van der Waals surface area contributed by atoms with Crippen LogP contribution in [0.15, 0.2) is 42.6 Å². The van der Waals surface area contributed by atoms with Gasteiger partial charge in [-0.05, 0) is 29.4 Å². The van der Waals surface area contributed by atoms with Crippen LogP contribution in [0.1, 0.15) is 30.9 Å². The summed E-state index contributed by atoms with van der Waals surface area (Å²) in [6, 6.07) is 12.9. The monoisotopic (exact) mass is 235 g/mol. The first-order valence-corrected chi connectivity index (χ1v) is 6.45. The average molecular weight is 235 g/mol. The van der Waals surface area contributed by atoms with Gasteiger partial charge in [0, 0.05) is 17.0 Å². The number of aromatic nitrogens is 1. The molecule has 1 heterocycles. The molecule has 0 N–H and O–H groups in total. The molecule has 2 aromatic carbocycles. The van der Waals surface area contributed by atoms with Gasteiger partial charge < -0.3 is 0 Å². The number of aryl methyl sites for hydroxylation is 1. The summed E-state index contributed by atoms with van der Waals surface area (Å²) in [7, 11) is 0. The molecular weight excluding hydrogens is 218 g/mol. The fraction of sp³-hybridized carbons (Fsp3) is 0.235. The Balaban J connectivity index is 2.54. The van der Waals surface area contributed by atoms with Gasteiger partial charge in [0.2, 0.25) is 0 Å². The van der Waals surface area contributed by atoms with E-state index in [9.17, 15) is 0 Å². The van der Waals surface area contributed by atoms with Gasteiger partial charge >= 0.3 is 0 Å². The molecule has 0 saturated heterocycles. The van der Waals surface area contributed by atoms with E-state index in [0.717, 1.165) is 5.52 Å². The molecule has 1 nitrogen and oxygen atoms in total. The van der Waals surface area contributed by atoms with E-state index in [-0.39, 0.29) is 0 Å². The molecule has 0 atom stereocenters. The first-order valence-electron chi connectivity index (χ1n) is 6.45. The Morgan fingerprint density at radius 1 is 1.00 bits per heavy atom. The van der Waals surface area contributed by atoms with E-state index in [0.29, 0.717) is 5.92 Å². The summed E-state index contributed by atoms with van der Waals surface area (Å²) < 4.78 is 0. The Bertz CT molecular complexity index is 726. The highest BCUT2D eigenvalue weighted by Gasteiger charge is 2.10. The number of hydrogen-bond donors (Lipinski definition) is 0. The molecule has 0 fully saturated rings. The maximum atomic E-state index is 4.69. The quantitative estimate of drug-likeness (QED) is 0.551. The maximum Gasteiger partial charge on any atom is 0.0745 e. The van der Waals surface area contributed by atoms with E-state index in [2.05, 4.69) is 57.2 Å². The number of pyridine rings is 1. The van der Waals surface area contributed by atoms with Gasteiger partial charge in [0.15, 0.2) is 0 Å². The molecule has 18 heavy (non-hydrogen) atoms. The zero-order chi connectivity index (χ0) is 12.7. The van der Waals surface area contributed by atoms with Gasteiger partial charge in [-0.3, -0.25) is 4.98 Å². The van der Waals surface area contributed by atoms with E-state index < -0.39 is 0 Å². The predicted molar refractivity (Wildman–Crippen MR) is 78.1 cm³/mol. The summed E-state index contributed by atoms with van der Waals surface area (Å²) in [6.07, 6.45) is 1.99. The lowest BCUT2D eigenvalue weighted by molar-refractivity contribution is 0.872. The van der Waals surface area contributed by atoms with Crippen molar-refractivity contribution in [2.24, 2.45) is 0 Å². The summed E-state index contributed by atoms with van der Waals surface area (Å²) in [4.78, 5) is 4.69. The van der Waals surface area contributed by atoms with Gasteiger partial charge in [0.1, 0.15) is 0 Å². The Morgan fingerprint density at radius 3 is 2.56 bits per heavy atom. The minimum atomic E-state index is 0.502. The van der Waals surface area contributed by atoms with Crippen LogP contribution in [0.4, 0.5) is 0 Å². The average Bonchev–Trinajstić information content (AvgIpc) is 2.38. The van der Waals surface area contributed by atoms with Crippen molar-refractivity contribution in [1.82, 2.24) is 4.98 Å². The predicted octanol–water partition coefficient (Wildman–Crippen LogP) is 4.82. The lowest BCUT2D eigenvalue weighted by Crippen LogP contribution is -1.94. The number of hydrogen-bond acceptors (Lipinski definition) is 1. The fourth-order valence-electron chi connectivity index (χ4n) is 2.62. The topological polar surface area (TPSA) is 12.9 Å². The SMILES string of the molecule is Cc1ccc(C(C)C)c2ncc3ccccc3c12. The second-order valence-corrected chi connectivity index (χ2v) is 5.20. The van der Waals surface area contributed by atoms with Crippen molar-refractivity contribution in [2.45, 2.75) is 26.7 Å². The van der Waals surface area contributed by atoms with Crippen molar-refractivity contribution in [3.05, 3.63) is 53.7 Å². The third-order valence-electron chi connectivity index (χ3n) is 3.60. The molecule has 0 saturated carbocycles. The van der Waals surface area contributed by atoms with Gasteiger partial charge in [-0.25, -0.2) is 0 Å². The van der Waals surface area contributed by atoms with Crippen LogP contribution >= 0.6 is 0 Å². The summed E-state index contributed by atoms with van der Waals surface area (Å²) >= 11 is 0. The van der Waals surface area contributed by atoms with E-state index in [1.165, 1.54) is 27.3 Å². The molecule has 0 amide bonds. The Kier molecular flexibility index (Phi) is 2.55. The van der Waals surface area contributed by atoms with E-state index in [1.54, 1.807) is 0 Å². The molecule has 0 aliphatic heterocycles. The number of fused-ring (bicyclic) bond motifs is 3. The molecule has 0 radical (unpaired) electrons. The number of benzene rings is 2. The summed E-state index contributed by atoms with van der Waals surface area (Å²) in [5, 5.41) is 3.83. The highest BCUT2D eigenvalue weighted by molar-refractivity contribution is 6.08. The zero-order valence-corrected chi connectivity index (χ0v) is 11.1. The molecule has 3 aromatic rings. The van der Waals surface area contributed by atoms with Crippen molar-refractivity contribution in [2.75, 3.05) is 0 Å².